The van der Waals surface area contributed by atoms with E-state index < -0.39 is 0 Å². The van der Waals surface area contributed by atoms with Crippen LogP contribution in [-0.4, -0.2) is 36.5 Å². The molecule has 0 bridgehead atoms. The highest BCUT2D eigenvalue weighted by atomic mass is 35.5. The van der Waals surface area contributed by atoms with Crippen LogP contribution in [0.2, 0.25) is 5.02 Å². The van der Waals surface area contributed by atoms with Crippen molar-refractivity contribution in [2.75, 3.05) is 29.9 Å². The van der Waals surface area contributed by atoms with Crippen molar-refractivity contribution in [1.29, 1.82) is 0 Å². The van der Waals surface area contributed by atoms with E-state index in [-0.39, 0.29) is 24.3 Å². The fourth-order valence-corrected chi connectivity index (χ4v) is 2.62. The Morgan fingerprint density at radius 3 is 2.42 bits per heavy atom. The maximum absolute atomic E-state index is 12.9. The second-order valence-electron chi connectivity index (χ2n) is 5.39. The lowest BCUT2D eigenvalue weighted by Crippen LogP contribution is -2.37. The number of hydrogen-bond acceptors (Lipinski definition) is 2. The molecule has 5 nitrogen and oxygen atoms in total. The molecular weight excluding hydrogens is 333 g/mol. The Morgan fingerprint density at radius 1 is 1.08 bits per heavy atom. The van der Waals surface area contributed by atoms with Crippen molar-refractivity contribution in [1.82, 2.24) is 4.90 Å². The maximum Gasteiger partial charge on any atom is 0.325 e. The van der Waals surface area contributed by atoms with Crippen LogP contribution >= 0.6 is 11.6 Å². The molecular formula is C17H15ClFN3O2. The number of carbonyl (C=O) groups is 2. The van der Waals surface area contributed by atoms with E-state index in [1.807, 2.05) is 0 Å². The van der Waals surface area contributed by atoms with E-state index in [9.17, 15) is 14.0 Å². The summed E-state index contributed by atoms with van der Waals surface area (Å²) < 4.78 is 12.9. The molecule has 1 N–H and O–H groups in total. The number of nitrogens with zero attached hydrogens (tertiary/aromatic N) is 2. The van der Waals surface area contributed by atoms with Gasteiger partial charge < -0.3 is 10.2 Å². The Kier molecular flexibility index (Phi) is 4.66. The summed E-state index contributed by atoms with van der Waals surface area (Å²) in [6.07, 6.45) is 0. The van der Waals surface area contributed by atoms with Gasteiger partial charge in [-0.3, -0.25) is 9.69 Å². The van der Waals surface area contributed by atoms with E-state index >= 15 is 0 Å². The Bertz CT molecular complexity index is 749. The molecule has 1 fully saturated rings. The van der Waals surface area contributed by atoms with E-state index in [2.05, 4.69) is 5.32 Å². The third-order valence-corrected chi connectivity index (χ3v) is 3.95. The molecule has 1 aliphatic heterocycles. The first-order valence-electron chi connectivity index (χ1n) is 7.40. The van der Waals surface area contributed by atoms with Gasteiger partial charge >= 0.3 is 6.03 Å². The fourth-order valence-electron chi connectivity index (χ4n) is 2.50. The number of halogens is 2. The highest BCUT2D eigenvalue weighted by Gasteiger charge is 2.30. The number of carbonyl (C=O) groups excluding carboxylic acids is 2. The number of amides is 3. The number of urea groups is 1. The lowest BCUT2D eigenvalue weighted by Gasteiger charge is -2.18. The van der Waals surface area contributed by atoms with E-state index in [0.29, 0.717) is 23.8 Å². The average Bonchev–Trinajstić information content (AvgIpc) is 2.91. The van der Waals surface area contributed by atoms with Crippen LogP contribution in [0, 0.1) is 5.82 Å². The van der Waals surface area contributed by atoms with Gasteiger partial charge in [0.05, 0.1) is 0 Å². The summed E-state index contributed by atoms with van der Waals surface area (Å²) in [5, 5.41) is 3.24. The summed E-state index contributed by atoms with van der Waals surface area (Å²) in [4.78, 5) is 27.5. The first-order valence-corrected chi connectivity index (χ1v) is 7.78. The quantitative estimate of drug-likeness (QED) is 0.922. The molecule has 2 aromatic rings. The largest absolute Gasteiger partial charge is 0.325 e. The smallest absolute Gasteiger partial charge is 0.325 e. The average molecular weight is 348 g/mol. The normalized spacial score (nSPS) is 14.2. The van der Waals surface area contributed by atoms with Gasteiger partial charge in [-0.2, -0.15) is 0 Å². The van der Waals surface area contributed by atoms with Crippen LogP contribution in [0.15, 0.2) is 48.5 Å². The zero-order valence-electron chi connectivity index (χ0n) is 12.7. The highest BCUT2D eigenvalue weighted by Crippen LogP contribution is 2.22. The predicted molar refractivity (Wildman–Crippen MR) is 90.8 cm³/mol. The highest BCUT2D eigenvalue weighted by molar-refractivity contribution is 6.30. The molecule has 7 heteroatoms. The van der Waals surface area contributed by atoms with E-state index in [1.165, 1.54) is 29.2 Å². The standard InChI is InChI=1S/C17H15ClFN3O2/c18-12-1-7-15(8-2-12)22-10-9-21(17(22)24)11-16(23)20-14-5-3-13(19)4-6-14/h1-8H,9-11H2,(H,20,23). The molecule has 1 aliphatic rings. The second-order valence-corrected chi connectivity index (χ2v) is 5.82. The minimum Gasteiger partial charge on any atom is -0.325 e. The molecule has 0 unspecified atom stereocenters. The van der Waals surface area contributed by atoms with Gasteiger partial charge in [-0.15, -0.1) is 0 Å². The SMILES string of the molecule is O=C(CN1CCN(c2ccc(Cl)cc2)C1=O)Nc1ccc(F)cc1. The van der Waals surface area contributed by atoms with Crippen LogP contribution in [0.1, 0.15) is 0 Å². The monoisotopic (exact) mass is 347 g/mol. The van der Waals surface area contributed by atoms with Crippen molar-refractivity contribution in [2.45, 2.75) is 0 Å². The number of hydrogen-bond donors (Lipinski definition) is 1. The van der Waals surface area contributed by atoms with Crippen molar-refractivity contribution in [2.24, 2.45) is 0 Å². The summed E-state index contributed by atoms with van der Waals surface area (Å²) in [5.74, 6) is -0.700. The van der Waals surface area contributed by atoms with Crippen molar-refractivity contribution in [3.8, 4) is 0 Å². The molecule has 124 valence electrons. The molecule has 0 spiro atoms. The van der Waals surface area contributed by atoms with Gasteiger partial charge in [-0.1, -0.05) is 11.6 Å². The minimum absolute atomic E-state index is 0.0553. The van der Waals surface area contributed by atoms with Gasteiger partial charge in [0.25, 0.3) is 0 Å². The Hall–Kier alpha value is -2.60. The summed E-state index contributed by atoms with van der Waals surface area (Å²) in [5.41, 5.74) is 1.23. The summed E-state index contributed by atoms with van der Waals surface area (Å²) in [7, 11) is 0. The second kappa shape index (κ2) is 6.88. The molecule has 0 aliphatic carbocycles. The minimum atomic E-state index is -0.374. The topological polar surface area (TPSA) is 52.7 Å². The van der Waals surface area contributed by atoms with E-state index in [0.717, 1.165) is 5.69 Å². The van der Waals surface area contributed by atoms with Crippen molar-refractivity contribution in [3.05, 3.63) is 59.4 Å². The first kappa shape index (κ1) is 16.3. The van der Waals surface area contributed by atoms with Crippen molar-refractivity contribution < 1.29 is 14.0 Å². The first-order chi connectivity index (χ1) is 11.5. The molecule has 0 radical (unpaired) electrons. The number of nitrogens with one attached hydrogen (secondary N) is 1. The Balaban J connectivity index is 1.60. The van der Waals surface area contributed by atoms with Gasteiger partial charge in [-0.05, 0) is 48.5 Å². The molecule has 1 saturated heterocycles. The van der Waals surface area contributed by atoms with Crippen LogP contribution < -0.4 is 10.2 Å². The molecule has 1 heterocycles. The summed E-state index contributed by atoms with van der Waals surface area (Å²) >= 11 is 5.85. The van der Waals surface area contributed by atoms with Gasteiger partial charge in [0, 0.05) is 29.5 Å². The Morgan fingerprint density at radius 2 is 1.75 bits per heavy atom. The van der Waals surface area contributed by atoms with Crippen molar-refractivity contribution >= 4 is 34.9 Å². The molecule has 0 atom stereocenters. The van der Waals surface area contributed by atoms with Gasteiger partial charge in [0.1, 0.15) is 12.4 Å². The van der Waals surface area contributed by atoms with Gasteiger partial charge in [0.15, 0.2) is 0 Å². The predicted octanol–water partition coefficient (Wildman–Crippen LogP) is 3.36. The zero-order chi connectivity index (χ0) is 17.1. The van der Waals surface area contributed by atoms with Crippen molar-refractivity contribution in [3.63, 3.8) is 0 Å². The lowest BCUT2D eigenvalue weighted by atomic mass is 10.3. The Labute approximate surface area is 143 Å². The number of anilines is 2. The summed E-state index contributed by atoms with van der Waals surface area (Å²) in [6, 6.07) is 12.2. The zero-order valence-corrected chi connectivity index (χ0v) is 13.5. The summed E-state index contributed by atoms with van der Waals surface area (Å²) in [6.45, 7) is 0.906. The third-order valence-electron chi connectivity index (χ3n) is 3.70. The van der Waals surface area contributed by atoms with E-state index in [4.69, 9.17) is 11.6 Å². The van der Waals surface area contributed by atoms with Crippen LogP contribution in [0.5, 0.6) is 0 Å². The van der Waals surface area contributed by atoms with Crippen LogP contribution in [0.25, 0.3) is 0 Å². The lowest BCUT2D eigenvalue weighted by molar-refractivity contribution is -0.116. The maximum atomic E-state index is 12.9. The molecule has 0 saturated carbocycles. The van der Waals surface area contributed by atoms with Gasteiger partial charge in [-0.25, -0.2) is 9.18 Å². The molecule has 24 heavy (non-hydrogen) atoms. The van der Waals surface area contributed by atoms with Crippen LogP contribution in [-0.2, 0) is 4.79 Å². The fraction of sp³-hybridized carbons (Fsp3) is 0.176. The molecule has 0 aromatic heterocycles. The number of rotatable bonds is 4. The number of benzene rings is 2. The molecule has 2 aromatic carbocycles. The van der Waals surface area contributed by atoms with Crippen LogP contribution in [0.4, 0.5) is 20.6 Å². The van der Waals surface area contributed by atoms with Crippen LogP contribution in [0.3, 0.4) is 0 Å². The third kappa shape index (κ3) is 3.65. The van der Waals surface area contributed by atoms with Gasteiger partial charge in [0.2, 0.25) is 5.91 Å². The van der Waals surface area contributed by atoms with E-state index in [1.54, 1.807) is 29.2 Å². The molecule has 3 amide bonds. The molecule has 3 rings (SSSR count).